The number of rotatable bonds is 5. The van der Waals surface area contributed by atoms with E-state index in [4.69, 9.17) is 5.73 Å². The van der Waals surface area contributed by atoms with Crippen LogP contribution < -0.4 is 21.3 Å². The molecular weight excluding hydrogens is 336 g/mol. The van der Waals surface area contributed by atoms with Gasteiger partial charge in [-0.25, -0.2) is 9.97 Å². The molecule has 2 aromatic heterocycles. The smallest absolute Gasteiger partial charge is 0.271 e. The molecule has 4 N–H and O–H groups in total. The maximum absolute atomic E-state index is 11.7. The predicted molar refractivity (Wildman–Crippen MR) is 96.1 cm³/mol. The average molecular weight is 358 g/mol. The minimum Gasteiger partial charge on any atom is -0.364 e. The number of piperidine rings is 1. The lowest BCUT2D eigenvalue weighted by molar-refractivity contribution is -0.119. The van der Waals surface area contributed by atoms with E-state index in [1.54, 1.807) is 24.1 Å². The number of anilines is 3. The van der Waals surface area contributed by atoms with Gasteiger partial charge in [-0.05, 0) is 12.8 Å². The molecule has 0 saturated carbocycles. The summed E-state index contributed by atoms with van der Waals surface area (Å²) in [6, 6.07) is 0.0635. The Bertz CT molecular complexity index is 818. The minimum atomic E-state index is -0.662. The summed E-state index contributed by atoms with van der Waals surface area (Å²) in [4.78, 5) is 33.7. The largest absolute Gasteiger partial charge is 0.364 e. The van der Waals surface area contributed by atoms with Gasteiger partial charge < -0.3 is 21.3 Å². The zero-order valence-corrected chi connectivity index (χ0v) is 14.8. The molecule has 10 nitrogen and oxygen atoms in total. The second-order valence-corrected chi connectivity index (χ2v) is 6.30. The Balaban J connectivity index is 1.84. The van der Waals surface area contributed by atoms with Crippen molar-refractivity contribution in [2.45, 2.75) is 25.8 Å². The lowest BCUT2D eigenvalue weighted by Crippen LogP contribution is -2.47. The van der Waals surface area contributed by atoms with E-state index >= 15 is 0 Å². The lowest BCUT2D eigenvalue weighted by atomic mass is 10.1. The monoisotopic (exact) mass is 358 g/mol. The van der Waals surface area contributed by atoms with Gasteiger partial charge in [-0.2, -0.15) is 5.10 Å². The normalized spacial score (nSPS) is 17.0. The third kappa shape index (κ3) is 4.08. The summed E-state index contributed by atoms with van der Waals surface area (Å²) in [6.07, 6.45) is 6.75. The fourth-order valence-electron chi connectivity index (χ4n) is 3.01. The highest BCUT2D eigenvalue weighted by Gasteiger charge is 2.23. The van der Waals surface area contributed by atoms with Gasteiger partial charge in [-0.3, -0.25) is 14.3 Å². The van der Waals surface area contributed by atoms with Gasteiger partial charge in [-0.15, -0.1) is 0 Å². The highest BCUT2D eigenvalue weighted by Crippen LogP contribution is 2.23. The van der Waals surface area contributed by atoms with Gasteiger partial charge in [0, 0.05) is 39.3 Å². The molecule has 0 aliphatic carbocycles. The first-order valence-corrected chi connectivity index (χ1v) is 8.37. The maximum atomic E-state index is 11.7. The van der Waals surface area contributed by atoms with Crippen molar-refractivity contribution >= 4 is 29.1 Å². The molecule has 1 aliphatic heterocycles. The molecule has 1 unspecified atom stereocenters. The molecule has 0 bridgehead atoms. The quantitative estimate of drug-likeness (QED) is 0.693. The summed E-state index contributed by atoms with van der Waals surface area (Å²) in [6.45, 7) is 2.94. The molecule has 26 heavy (non-hydrogen) atoms. The molecule has 138 valence electrons. The van der Waals surface area contributed by atoms with Crippen molar-refractivity contribution in [1.29, 1.82) is 0 Å². The van der Waals surface area contributed by atoms with Crippen LogP contribution >= 0.6 is 0 Å². The molecule has 0 spiro atoms. The number of hydrogen-bond donors (Lipinski definition) is 3. The minimum absolute atomic E-state index is 0.0501. The van der Waals surface area contributed by atoms with E-state index in [9.17, 15) is 9.59 Å². The molecule has 2 amide bonds. The van der Waals surface area contributed by atoms with E-state index in [-0.39, 0.29) is 23.5 Å². The third-order valence-electron chi connectivity index (χ3n) is 4.11. The second kappa shape index (κ2) is 7.38. The lowest BCUT2D eigenvalue weighted by Gasteiger charge is -2.33. The van der Waals surface area contributed by atoms with E-state index < -0.39 is 5.91 Å². The van der Waals surface area contributed by atoms with Gasteiger partial charge in [0.05, 0.1) is 18.1 Å². The zero-order valence-electron chi connectivity index (χ0n) is 14.8. The highest BCUT2D eigenvalue weighted by molar-refractivity contribution is 5.96. The number of carbonyl (C=O) groups excluding carboxylic acids is 2. The van der Waals surface area contributed by atoms with Crippen LogP contribution in [0.1, 0.15) is 30.3 Å². The number of nitrogens with two attached hydrogens (primary N) is 1. The highest BCUT2D eigenvalue weighted by atomic mass is 16.1. The molecule has 0 radical (unpaired) electrons. The van der Waals surface area contributed by atoms with E-state index in [1.807, 2.05) is 4.90 Å². The first-order chi connectivity index (χ1) is 12.4. The molecule has 3 heterocycles. The molecule has 3 rings (SSSR count). The SMILES string of the molecule is CC(=O)NC1CCCN(c2cnc(C(N)=O)c(Nc3cnn(C)c3)n2)C1. The average Bonchev–Trinajstić information content (AvgIpc) is 2.99. The summed E-state index contributed by atoms with van der Waals surface area (Å²) in [7, 11) is 1.79. The van der Waals surface area contributed by atoms with Crippen LogP contribution in [-0.2, 0) is 11.8 Å². The summed E-state index contributed by atoms with van der Waals surface area (Å²) < 4.78 is 1.63. The second-order valence-electron chi connectivity index (χ2n) is 6.30. The van der Waals surface area contributed by atoms with Gasteiger partial charge in [0.15, 0.2) is 11.5 Å². The Morgan fingerprint density at radius 2 is 2.15 bits per heavy atom. The fraction of sp³-hybridized carbons (Fsp3) is 0.438. The molecule has 1 aliphatic rings. The van der Waals surface area contributed by atoms with Crippen molar-refractivity contribution < 1.29 is 9.59 Å². The van der Waals surface area contributed by atoms with Crippen LogP contribution in [0.5, 0.6) is 0 Å². The number of aromatic nitrogens is 4. The first kappa shape index (κ1) is 17.6. The number of carbonyl (C=O) groups is 2. The third-order valence-corrected chi connectivity index (χ3v) is 4.11. The van der Waals surface area contributed by atoms with E-state index in [1.165, 1.54) is 13.1 Å². The van der Waals surface area contributed by atoms with Gasteiger partial charge in [0.2, 0.25) is 5.91 Å². The van der Waals surface area contributed by atoms with Crippen molar-refractivity contribution in [2.75, 3.05) is 23.3 Å². The first-order valence-electron chi connectivity index (χ1n) is 8.37. The van der Waals surface area contributed by atoms with Crippen LogP contribution in [0, 0.1) is 0 Å². The van der Waals surface area contributed by atoms with Crippen LogP contribution in [0.3, 0.4) is 0 Å². The number of amides is 2. The Morgan fingerprint density at radius 3 is 2.81 bits per heavy atom. The topological polar surface area (TPSA) is 131 Å². The number of primary amides is 1. The van der Waals surface area contributed by atoms with Crippen LogP contribution in [0.25, 0.3) is 0 Å². The van der Waals surface area contributed by atoms with Gasteiger partial charge >= 0.3 is 0 Å². The van der Waals surface area contributed by atoms with E-state index in [0.29, 0.717) is 18.1 Å². The molecule has 0 aromatic carbocycles. The Labute approximate surface area is 150 Å². The summed E-state index contributed by atoms with van der Waals surface area (Å²) in [5, 5.41) is 10.1. The van der Waals surface area contributed by atoms with Crippen LogP contribution in [0.4, 0.5) is 17.3 Å². The van der Waals surface area contributed by atoms with Crippen molar-refractivity contribution in [3.8, 4) is 0 Å². The molecule has 1 saturated heterocycles. The molecular formula is C16H22N8O2. The molecule has 10 heteroatoms. The van der Waals surface area contributed by atoms with Crippen LogP contribution in [0.15, 0.2) is 18.6 Å². The summed E-state index contributed by atoms with van der Waals surface area (Å²) in [5.41, 5.74) is 6.16. The number of aryl methyl sites for hydroxylation is 1. The number of hydrogen-bond acceptors (Lipinski definition) is 7. The Kier molecular flexibility index (Phi) is 5.01. The van der Waals surface area contributed by atoms with E-state index in [2.05, 4.69) is 25.7 Å². The molecule has 2 aromatic rings. The van der Waals surface area contributed by atoms with Crippen molar-refractivity contribution in [3.63, 3.8) is 0 Å². The van der Waals surface area contributed by atoms with E-state index in [0.717, 1.165) is 19.4 Å². The van der Waals surface area contributed by atoms with Crippen LogP contribution in [0.2, 0.25) is 0 Å². The van der Waals surface area contributed by atoms with Gasteiger partial charge in [-0.1, -0.05) is 0 Å². The van der Waals surface area contributed by atoms with Gasteiger partial charge in [0.1, 0.15) is 5.82 Å². The maximum Gasteiger partial charge on any atom is 0.271 e. The predicted octanol–water partition coefficient (Wildman–Crippen LogP) is 0.158. The van der Waals surface area contributed by atoms with Crippen molar-refractivity contribution in [2.24, 2.45) is 12.8 Å². The standard InChI is InChI=1S/C16H22N8O2/c1-10(25)20-11-4-3-5-24(9-11)13-7-18-14(15(17)26)16(22-13)21-12-6-19-23(2)8-12/h6-8,11H,3-5,9H2,1-2H3,(H2,17,26)(H,20,25)(H,21,22). The van der Waals surface area contributed by atoms with Gasteiger partial charge in [0.25, 0.3) is 5.91 Å². The number of nitrogens with one attached hydrogen (secondary N) is 2. The molecule has 1 atom stereocenters. The Hall–Kier alpha value is -3.17. The van der Waals surface area contributed by atoms with Crippen molar-refractivity contribution in [3.05, 3.63) is 24.3 Å². The zero-order chi connectivity index (χ0) is 18.7. The van der Waals surface area contributed by atoms with Crippen molar-refractivity contribution in [1.82, 2.24) is 25.1 Å². The molecule has 1 fully saturated rings. The number of nitrogens with zero attached hydrogens (tertiary/aromatic N) is 5. The summed E-state index contributed by atoms with van der Waals surface area (Å²) in [5.74, 6) is 0.192. The van der Waals surface area contributed by atoms with Crippen LogP contribution in [-0.4, -0.2) is 50.7 Å². The Morgan fingerprint density at radius 1 is 1.35 bits per heavy atom. The summed E-state index contributed by atoms with van der Waals surface area (Å²) >= 11 is 0. The fourth-order valence-corrected chi connectivity index (χ4v) is 3.01.